The van der Waals surface area contributed by atoms with Crippen molar-refractivity contribution in [3.8, 4) is 0 Å². The van der Waals surface area contributed by atoms with Gasteiger partial charge in [0.2, 0.25) is 0 Å². The van der Waals surface area contributed by atoms with Crippen LogP contribution < -0.4 is 0 Å². The fraction of sp³-hybridized carbons (Fsp3) is 0.833. The van der Waals surface area contributed by atoms with Crippen molar-refractivity contribution in [1.82, 2.24) is 4.90 Å². The molecular weight excluding hydrogens is 222 g/mol. The molecule has 1 aliphatic heterocycles. The van der Waals surface area contributed by atoms with Gasteiger partial charge in [0.1, 0.15) is 17.6 Å². The highest BCUT2D eigenvalue weighted by molar-refractivity contribution is 5.70. The largest absolute Gasteiger partial charge is 0.444 e. The van der Waals surface area contributed by atoms with E-state index in [-0.39, 0.29) is 12.5 Å². The number of rotatable bonds is 2. The van der Waals surface area contributed by atoms with Gasteiger partial charge in [-0.05, 0) is 34.6 Å². The van der Waals surface area contributed by atoms with Gasteiger partial charge in [-0.15, -0.1) is 0 Å². The van der Waals surface area contributed by atoms with Crippen LogP contribution in [-0.2, 0) is 14.3 Å². The summed E-state index contributed by atoms with van der Waals surface area (Å²) in [7, 11) is 0. The predicted octanol–water partition coefficient (Wildman–Crippen LogP) is 1.95. The van der Waals surface area contributed by atoms with Crippen molar-refractivity contribution >= 4 is 12.4 Å². The van der Waals surface area contributed by atoms with E-state index in [9.17, 15) is 9.59 Å². The zero-order chi connectivity index (χ0) is 13.3. The van der Waals surface area contributed by atoms with Crippen LogP contribution in [0.2, 0.25) is 0 Å². The lowest BCUT2D eigenvalue weighted by Gasteiger charge is -2.34. The van der Waals surface area contributed by atoms with Crippen molar-refractivity contribution in [2.24, 2.45) is 0 Å². The second-order valence-corrected chi connectivity index (χ2v) is 5.66. The minimum atomic E-state index is -0.726. The topological polar surface area (TPSA) is 55.8 Å². The summed E-state index contributed by atoms with van der Waals surface area (Å²) < 4.78 is 10.8. The van der Waals surface area contributed by atoms with Gasteiger partial charge in [0.25, 0.3) is 0 Å². The fourth-order valence-electron chi connectivity index (χ4n) is 1.85. The third kappa shape index (κ3) is 3.43. The van der Waals surface area contributed by atoms with E-state index in [1.54, 1.807) is 13.8 Å². The summed E-state index contributed by atoms with van der Waals surface area (Å²) in [5.74, 6) is 0. The van der Waals surface area contributed by atoms with Crippen LogP contribution in [0.15, 0.2) is 0 Å². The molecule has 1 amide bonds. The number of carbonyl (C=O) groups excluding carboxylic acids is 2. The number of ether oxygens (including phenoxy) is 2. The van der Waals surface area contributed by atoms with E-state index >= 15 is 0 Å². The Morgan fingerprint density at radius 2 is 2.12 bits per heavy atom. The molecule has 0 aromatic carbocycles. The van der Waals surface area contributed by atoms with Gasteiger partial charge in [-0.1, -0.05) is 0 Å². The van der Waals surface area contributed by atoms with Crippen LogP contribution in [0.3, 0.4) is 0 Å². The summed E-state index contributed by atoms with van der Waals surface area (Å²) in [5, 5.41) is 0. The molecule has 0 aliphatic carbocycles. The van der Waals surface area contributed by atoms with E-state index in [2.05, 4.69) is 0 Å². The summed E-state index contributed by atoms with van der Waals surface area (Å²) in [5.41, 5.74) is -1.28. The molecule has 1 heterocycles. The number of carbonyl (C=O) groups is 2. The van der Waals surface area contributed by atoms with Gasteiger partial charge in [0.05, 0.1) is 12.6 Å². The van der Waals surface area contributed by atoms with E-state index in [0.29, 0.717) is 6.61 Å². The van der Waals surface area contributed by atoms with Crippen LogP contribution in [0.25, 0.3) is 0 Å². The lowest BCUT2D eigenvalue weighted by molar-refractivity contribution is -0.108. The highest BCUT2D eigenvalue weighted by Crippen LogP contribution is 2.30. The van der Waals surface area contributed by atoms with Crippen LogP contribution >= 0.6 is 0 Å². The molecule has 0 N–H and O–H groups in total. The normalized spacial score (nSPS) is 23.6. The molecule has 0 bridgehead atoms. The molecule has 5 heteroatoms. The van der Waals surface area contributed by atoms with Crippen molar-refractivity contribution in [3.05, 3.63) is 0 Å². The first kappa shape index (κ1) is 14.0. The van der Waals surface area contributed by atoms with Crippen molar-refractivity contribution in [3.63, 3.8) is 0 Å². The Morgan fingerprint density at radius 3 is 2.59 bits per heavy atom. The number of nitrogens with zero attached hydrogens (tertiary/aromatic N) is 1. The summed E-state index contributed by atoms with van der Waals surface area (Å²) in [6.45, 7) is 9.38. The first-order valence-corrected chi connectivity index (χ1v) is 5.77. The third-order valence-corrected chi connectivity index (χ3v) is 2.53. The molecular formula is C12H21NO4. The Morgan fingerprint density at radius 1 is 1.53 bits per heavy atom. The van der Waals surface area contributed by atoms with E-state index in [0.717, 1.165) is 6.29 Å². The Hall–Kier alpha value is -1.10. The fourth-order valence-corrected chi connectivity index (χ4v) is 1.85. The van der Waals surface area contributed by atoms with Crippen molar-refractivity contribution in [2.75, 3.05) is 6.61 Å². The van der Waals surface area contributed by atoms with E-state index in [1.807, 2.05) is 20.8 Å². The summed E-state index contributed by atoms with van der Waals surface area (Å²) in [6.07, 6.45) is 0.627. The molecule has 1 aliphatic rings. The molecule has 0 aromatic heterocycles. The van der Waals surface area contributed by atoms with E-state index in [1.165, 1.54) is 4.90 Å². The van der Waals surface area contributed by atoms with Crippen LogP contribution in [0, 0.1) is 0 Å². The van der Waals surface area contributed by atoms with Gasteiger partial charge < -0.3 is 14.3 Å². The lowest BCUT2D eigenvalue weighted by atomic mass is 10.1. The minimum Gasteiger partial charge on any atom is -0.444 e. The lowest BCUT2D eigenvalue weighted by Crippen LogP contribution is -2.49. The molecule has 1 fully saturated rings. The molecule has 0 spiro atoms. The van der Waals surface area contributed by atoms with Gasteiger partial charge in [0, 0.05) is 6.42 Å². The molecule has 17 heavy (non-hydrogen) atoms. The van der Waals surface area contributed by atoms with E-state index < -0.39 is 17.4 Å². The highest BCUT2D eigenvalue weighted by atomic mass is 16.6. The van der Waals surface area contributed by atoms with E-state index in [4.69, 9.17) is 9.47 Å². The van der Waals surface area contributed by atoms with Crippen molar-refractivity contribution < 1.29 is 19.1 Å². The first-order valence-electron chi connectivity index (χ1n) is 5.77. The molecule has 0 aromatic rings. The number of amides is 1. The van der Waals surface area contributed by atoms with Crippen LogP contribution in [0.5, 0.6) is 0 Å². The molecule has 98 valence electrons. The van der Waals surface area contributed by atoms with Crippen LogP contribution in [0.1, 0.15) is 41.0 Å². The highest BCUT2D eigenvalue weighted by Gasteiger charge is 2.45. The molecule has 1 saturated heterocycles. The summed E-state index contributed by atoms with van der Waals surface area (Å²) in [4.78, 5) is 24.2. The Balaban J connectivity index is 2.82. The second kappa shape index (κ2) is 4.64. The van der Waals surface area contributed by atoms with Gasteiger partial charge in [-0.3, -0.25) is 4.90 Å². The molecule has 5 nitrogen and oxygen atoms in total. The number of aldehydes is 1. The average molecular weight is 243 g/mol. The summed E-state index contributed by atoms with van der Waals surface area (Å²) >= 11 is 0. The molecule has 0 radical (unpaired) electrons. The maximum atomic E-state index is 12.1. The zero-order valence-corrected chi connectivity index (χ0v) is 11.1. The molecule has 1 rings (SSSR count). The second-order valence-electron chi connectivity index (χ2n) is 5.66. The van der Waals surface area contributed by atoms with Gasteiger partial charge in [-0.2, -0.15) is 0 Å². The average Bonchev–Trinajstić information content (AvgIpc) is 2.39. The zero-order valence-electron chi connectivity index (χ0n) is 11.1. The quantitative estimate of drug-likeness (QED) is 0.695. The van der Waals surface area contributed by atoms with Crippen molar-refractivity contribution in [2.45, 2.75) is 58.4 Å². The predicted molar refractivity (Wildman–Crippen MR) is 62.6 cm³/mol. The van der Waals surface area contributed by atoms with Gasteiger partial charge in [-0.25, -0.2) is 4.79 Å². The first-order chi connectivity index (χ1) is 7.67. The van der Waals surface area contributed by atoms with Crippen LogP contribution in [-0.4, -0.2) is 41.3 Å². The number of hydrogen-bond donors (Lipinski definition) is 0. The standard InChI is InChI=1S/C12H21NO4/c1-11(2,3)17-10(15)13-9(6-7-14)8-16-12(13,4)5/h7,9H,6,8H2,1-5H3. The number of hydrogen-bond acceptors (Lipinski definition) is 4. The van der Waals surface area contributed by atoms with Gasteiger partial charge >= 0.3 is 6.09 Å². The third-order valence-electron chi connectivity index (χ3n) is 2.53. The Kier molecular flexibility index (Phi) is 3.81. The Labute approximate surface area is 102 Å². The maximum absolute atomic E-state index is 12.1. The monoisotopic (exact) mass is 243 g/mol. The molecule has 0 saturated carbocycles. The van der Waals surface area contributed by atoms with Crippen molar-refractivity contribution in [1.29, 1.82) is 0 Å². The van der Waals surface area contributed by atoms with Crippen LogP contribution in [0.4, 0.5) is 4.79 Å². The SMILES string of the molecule is CC(C)(C)OC(=O)N1C(CC=O)COC1(C)C. The molecule has 1 atom stereocenters. The minimum absolute atomic E-state index is 0.239. The molecule has 1 unspecified atom stereocenters. The maximum Gasteiger partial charge on any atom is 0.412 e. The smallest absolute Gasteiger partial charge is 0.412 e. The summed E-state index contributed by atoms with van der Waals surface area (Å²) in [6, 6.07) is -0.239. The Bertz CT molecular complexity index is 306. The van der Waals surface area contributed by atoms with Gasteiger partial charge in [0.15, 0.2) is 0 Å².